The summed E-state index contributed by atoms with van der Waals surface area (Å²) < 4.78 is 0. The third-order valence-electron chi connectivity index (χ3n) is 3.91. The van der Waals surface area contributed by atoms with Crippen LogP contribution in [0.25, 0.3) is 0 Å². The summed E-state index contributed by atoms with van der Waals surface area (Å²) in [6.45, 7) is 14.3. The number of anilines is 1. The largest absolute Gasteiger partial charge is 0.371 e. The molecule has 0 atom stereocenters. The Bertz CT molecular complexity index is 474. The van der Waals surface area contributed by atoms with Gasteiger partial charge in [-0.2, -0.15) is 0 Å². The first-order chi connectivity index (χ1) is 9.18. The van der Waals surface area contributed by atoms with Crippen LogP contribution in [0.1, 0.15) is 46.6 Å². The molecule has 112 valence electrons. The quantitative estimate of drug-likeness (QED) is 0.885. The Kier molecular flexibility index (Phi) is 4.36. The summed E-state index contributed by atoms with van der Waals surface area (Å²) in [7, 11) is 0. The van der Waals surface area contributed by atoms with Gasteiger partial charge in [0.15, 0.2) is 0 Å². The van der Waals surface area contributed by atoms with E-state index in [1.165, 1.54) is 17.7 Å². The van der Waals surface area contributed by atoms with E-state index in [9.17, 15) is 0 Å². The van der Waals surface area contributed by atoms with Gasteiger partial charge in [-0.3, -0.25) is 0 Å². The number of rotatable bonds is 3. The van der Waals surface area contributed by atoms with Crippen LogP contribution < -0.4 is 10.2 Å². The molecule has 20 heavy (non-hydrogen) atoms. The van der Waals surface area contributed by atoms with E-state index >= 15 is 0 Å². The summed E-state index contributed by atoms with van der Waals surface area (Å²) in [6.07, 6.45) is 1.24. The minimum absolute atomic E-state index is 0.0979. The van der Waals surface area contributed by atoms with Gasteiger partial charge < -0.3 is 10.2 Å². The second-order valence-corrected chi connectivity index (χ2v) is 8.08. The lowest BCUT2D eigenvalue weighted by atomic mass is 9.93. The molecule has 1 heterocycles. The van der Waals surface area contributed by atoms with E-state index in [2.05, 4.69) is 57.0 Å². The third-order valence-corrected chi connectivity index (χ3v) is 4.26. The first kappa shape index (κ1) is 15.7. The number of hydrogen-bond donors (Lipinski definition) is 1. The third kappa shape index (κ3) is 3.89. The van der Waals surface area contributed by atoms with Crippen molar-refractivity contribution in [1.29, 1.82) is 0 Å². The smallest absolute Gasteiger partial charge is 0.0471 e. The predicted octanol–water partition coefficient (Wildman–Crippen LogP) is 4.46. The lowest BCUT2D eigenvalue weighted by molar-refractivity contribution is 0.417. The fraction of sp³-hybridized carbons (Fsp3) is 0.647. The standard InChI is InChI=1S/C17H27ClN2/c1-16(2,3)19-11-13-14(18)7-6-8-15(13)20-10-9-17(4,5)12-20/h6-8,19H,9-12H2,1-5H3. The fourth-order valence-electron chi connectivity index (χ4n) is 2.69. The average molecular weight is 295 g/mol. The molecule has 1 aliphatic heterocycles. The molecule has 0 bridgehead atoms. The van der Waals surface area contributed by atoms with Gasteiger partial charge in [0, 0.05) is 41.4 Å². The van der Waals surface area contributed by atoms with Crippen molar-refractivity contribution < 1.29 is 0 Å². The van der Waals surface area contributed by atoms with Gasteiger partial charge in [0.25, 0.3) is 0 Å². The molecular weight excluding hydrogens is 268 g/mol. The Labute approximate surface area is 128 Å². The average Bonchev–Trinajstić information content (AvgIpc) is 2.66. The molecule has 0 saturated carbocycles. The molecule has 0 spiro atoms. The van der Waals surface area contributed by atoms with Crippen LogP contribution in [-0.4, -0.2) is 18.6 Å². The van der Waals surface area contributed by atoms with Crippen LogP contribution in [0, 0.1) is 5.41 Å². The summed E-state index contributed by atoms with van der Waals surface area (Å²) in [5.41, 5.74) is 3.01. The number of benzene rings is 1. The zero-order valence-corrected chi connectivity index (χ0v) is 14.1. The second-order valence-electron chi connectivity index (χ2n) is 7.68. The van der Waals surface area contributed by atoms with Crippen molar-refractivity contribution in [3.63, 3.8) is 0 Å². The van der Waals surface area contributed by atoms with Crippen LogP contribution in [0.5, 0.6) is 0 Å². The molecule has 1 aliphatic rings. The zero-order valence-electron chi connectivity index (χ0n) is 13.4. The summed E-state index contributed by atoms with van der Waals surface area (Å²) in [5, 5.41) is 4.42. The van der Waals surface area contributed by atoms with E-state index in [0.29, 0.717) is 5.41 Å². The Morgan fingerprint density at radius 1 is 1.30 bits per heavy atom. The maximum absolute atomic E-state index is 6.44. The van der Waals surface area contributed by atoms with E-state index in [-0.39, 0.29) is 5.54 Å². The van der Waals surface area contributed by atoms with Crippen LogP contribution in [0.2, 0.25) is 5.02 Å². The molecule has 1 saturated heterocycles. The lowest BCUT2D eigenvalue weighted by Gasteiger charge is -2.27. The van der Waals surface area contributed by atoms with Gasteiger partial charge in [-0.15, -0.1) is 0 Å². The van der Waals surface area contributed by atoms with Crippen molar-refractivity contribution in [3.05, 3.63) is 28.8 Å². The maximum Gasteiger partial charge on any atom is 0.0471 e. The normalized spacial score (nSPS) is 18.6. The first-order valence-electron chi connectivity index (χ1n) is 7.45. The molecule has 3 heteroatoms. The molecule has 1 aromatic rings. The Balaban J connectivity index is 2.23. The minimum Gasteiger partial charge on any atom is -0.371 e. The van der Waals surface area contributed by atoms with Crippen molar-refractivity contribution in [2.45, 2.75) is 53.1 Å². The van der Waals surface area contributed by atoms with E-state index in [1.54, 1.807) is 0 Å². The van der Waals surface area contributed by atoms with Crippen LogP contribution in [0.4, 0.5) is 5.69 Å². The van der Waals surface area contributed by atoms with Gasteiger partial charge in [-0.05, 0) is 44.7 Å². The first-order valence-corrected chi connectivity index (χ1v) is 7.83. The van der Waals surface area contributed by atoms with Crippen molar-refractivity contribution in [3.8, 4) is 0 Å². The van der Waals surface area contributed by atoms with Gasteiger partial charge >= 0.3 is 0 Å². The van der Waals surface area contributed by atoms with Crippen molar-refractivity contribution in [2.75, 3.05) is 18.0 Å². The Hall–Kier alpha value is -0.730. The maximum atomic E-state index is 6.44. The molecule has 0 unspecified atom stereocenters. The molecule has 0 aliphatic carbocycles. The number of nitrogens with one attached hydrogen (secondary N) is 1. The minimum atomic E-state index is 0.0979. The number of nitrogens with zero attached hydrogens (tertiary/aromatic N) is 1. The van der Waals surface area contributed by atoms with Crippen molar-refractivity contribution in [1.82, 2.24) is 5.32 Å². The fourth-order valence-corrected chi connectivity index (χ4v) is 2.93. The van der Waals surface area contributed by atoms with Gasteiger partial charge in [-0.25, -0.2) is 0 Å². The highest BCUT2D eigenvalue weighted by Gasteiger charge is 2.30. The summed E-state index contributed by atoms with van der Waals surface area (Å²) in [5.74, 6) is 0. The monoisotopic (exact) mass is 294 g/mol. The number of hydrogen-bond acceptors (Lipinski definition) is 2. The Morgan fingerprint density at radius 2 is 2.00 bits per heavy atom. The van der Waals surface area contributed by atoms with Crippen LogP contribution in [0.3, 0.4) is 0 Å². The highest BCUT2D eigenvalue weighted by Crippen LogP contribution is 2.36. The lowest BCUT2D eigenvalue weighted by Crippen LogP contribution is -2.36. The molecule has 2 rings (SSSR count). The van der Waals surface area contributed by atoms with Crippen LogP contribution >= 0.6 is 11.6 Å². The van der Waals surface area contributed by atoms with Gasteiger partial charge in [-0.1, -0.05) is 31.5 Å². The highest BCUT2D eigenvalue weighted by molar-refractivity contribution is 6.31. The van der Waals surface area contributed by atoms with Crippen LogP contribution in [0.15, 0.2) is 18.2 Å². The van der Waals surface area contributed by atoms with Gasteiger partial charge in [0.1, 0.15) is 0 Å². The van der Waals surface area contributed by atoms with Gasteiger partial charge in [0.05, 0.1) is 0 Å². The molecule has 1 N–H and O–H groups in total. The molecule has 0 radical (unpaired) electrons. The van der Waals surface area contributed by atoms with Crippen molar-refractivity contribution >= 4 is 17.3 Å². The van der Waals surface area contributed by atoms with Crippen LogP contribution in [-0.2, 0) is 6.54 Å². The second kappa shape index (κ2) is 5.57. The Morgan fingerprint density at radius 3 is 2.55 bits per heavy atom. The summed E-state index contributed by atoms with van der Waals surface area (Å²) in [4.78, 5) is 2.48. The molecule has 2 nitrogen and oxygen atoms in total. The molecule has 0 amide bonds. The zero-order chi connectivity index (χ0) is 15.0. The van der Waals surface area contributed by atoms with Gasteiger partial charge in [0.2, 0.25) is 0 Å². The van der Waals surface area contributed by atoms with Crippen molar-refractivity contribution in [2.24, 2.45) is 5.41 Å². The molecule has 1 aromatic carbocycles. The van der Waals surface area contributed by atoms with E-state index in [0.717, 1.165) is 24.7 Å². The number of halogens is 1. The molecule has 0 aromatic heterocycles. The topological polar surface area (TPSA) is 15.3 Å². The summed E-state index contributed by atoms with van der Waals surface area (Å²) >= 11 is 6.44. The highest BCUT2D eigenvalue weighted by atomic mass is 35.5. The van der Waals surface area contributed by atoms with E-state index < -0.39 is 0 Å². The molecule has 1 fully saturated rings. The summed E-state index contributed by atoms with van der Waals surface area (Å²) in [6, 6.07) is 6.25. The SMILES string of the molecule is CC1(C)CCN(c2cccc(Cl)c2CNC(C)(C)C)C1. The molecular formula is C17H27ClN2. The van der Waals surface area contributed by atoms with E-state index in [4.69, 9.17) is 11.6 Å². The predicted molar refractivity (Wildman–Crippen MR) is 88.7 cm³/mol. The van der Waals surface area contributed by atoms with E-state index in [1.807, 2.05) is 6.07 Å².